The molecule has 0 aromatic carbocycles. The Morgan fingerprint density at radius 1 is 1.47 bits per heavy atom. The molecule has 90 valence electrons. The van der Waals surface area contributed by atoms with Gasteiger partial charge in [-0.3, -0.25) is 9.36 Å². The van der Waals surface area contributed by atoms with Crippen molar-refractivity contribution in [2.24, 2.45) is 0 Å². The summed E-state index contributed by atoms with van der Waals surface area (Å²) in [6.07, 6.45) is 4.02. The Hall–Kier alpha value is -1.76. The Morgan fingerprint density at radius 2 is 2.35 bits per heavy atom. The first-order valence-corrected chi connectivity index (χ1v) is 6.18. The van der Waals surface area contributed by atoms with Crippen LogP contribution in [0.25, 0.3) is 0 Å². The van der Waals surface area contributed by atoms with Crippen molar-refractivity contribution in [2.45, 2.75) is 19.9 Å². The number of aromatic nitrogens is 4. The van der Waals surface area contributed by atoms with Crippen LogP contribution in [-0.2, 0) is 6.54 Å². The summed E-state index contributed by atoms with van der Waals surface area (Å²) in [7, 11) is 0. The van der Waals surface area contributed by atoms with Gasteiger partial charge in [-0.25, -0.2) is 4.98 Å². The molecule has 2 aromatic rings. The molecule has 2 heterocycles. The number of rotatable bonds is 5. The predicted octanol–water partition coefficient (Wildman–Crippen LogP) is 0.965. The van der Waals surface area contributed by atoms with Crippen LogP contribution in [0.5, 0.6) is 0 Å². The van der Waals surface area contributed by atoms with Gasteiger partial charge >= 0.3 is 0 Å². The van der Waals surface area contributed by atoms with Gasteiger partial charge in [0.05, 0.1) is 12.9 Å². The fourth-order valence-corrected chi connectivity index (χ4v) is 2.03. The third kappa shape index (κ3) is 3.10. The van der Waals surface area contributed by atoms with Gasteiger partial charge in [-0.05, 0) is 6.42 Å². The number of nitrogens with zero attached hydrogens (tertiary/aromatic N) is 4. The molecule has 0 atom stereocenters. The van der Waals surface area contributed by atoms with Crippen LogP contribution in [0.15, 0.2) is 23.4 Å². The topological polar surface area (TPSA) is 72.7 Å². The molecule has 0 saturated carbocycles. The highest BCUT2D eigenvalue weighted by atomic mass is 32.1. The van der Waals surface area contributed by atoms with E-state index in [0.29, 0.717) is 6.54 Å². The summed E-state index contributed by atoms with van der Waals surface area (Å²) in [5.41, 5.74) is -0.0849. The maximum Gasteiger partial charge on any atom is 0.253 e. The molecule has 0 spiro atoms. The van der Waals surface area contributed by atoms with Gasteiger partial charge in [-0.1, -0.05) is 18.3 Å². The molecule has 0 fully saturated rings. The second kappa shape index (κ2) is 5.53. The van der Waals surface area contributed by atoms with Gasteiger partial charge in [0.25, 0.3) is 5.56 Å². The lowest BCUT2D eigenvalue weighted by Crippen LogP contribution is -2.19. The summed E-state index contributed by atoms with van der Waals surface area (Å²) in [6, 6.07) is 1.43. The van der Waals surface area contributed by atoms with Gasteiger partial charge in [0.15, 0.2) is 0 Å². The first-order chi connectivity index (χ1) is 8.29. The molecule has 0 saturated heterocycles. The Balaban J connectivity index is 2.07. The fourth-order valence-electron chi connectivity index (χ4n) is 1.26. The predicted molar refractivity (Wildman–Crippen MR) is 66.3 cm³/mol. The van der Waals surface area contributed by atoms with E-state index in [1.54, 1.807) is 0 Å². The molecule has 0 aliphatic rings. The smallest absolute Gasteiger partial charge is 0.253 e. The molecule has 0 unspecified atom stereocenters. The highest BCUT2D eigenvalue weighted by Gasteiger charge is 2.04. The summed E-state index contributed by atoms with van der Waals surface area (Å²) in [5.74, 6) is 0. The van der Waals surface area contributed by atoms with Gasteiger partial charge in [-0.2, -0.15) is 0 Å². The molecule has 6 nitrogen and oxygen atoms in total. The summed E-state index contributed by atoms with van der Waals surface area (Å²) in [5, 5.41) is 12.8. The van der Waals surface area contributed by atoms with E-state index in [1.165, 1.54) is 34.5 Å². The number of nitrogens with one attached hydrogen (secondary N) is 1. The fraction of sp³-hybridized carbons (Fsp3) is 0.400. The lowest BCUT2D eigenvalue weighted by atomic mass is 10.5. The molecule has 17 heavy (non-hydrogen) atoms. The van der Waals surface area contributed by atoms with Crippen LogP contribution in [0, 0.1) is 0 Å². The SMILES string of the molecule is CCCNc1nnc(Cn2cnccc2=O)s1. The van der Waals surface area contributed by atoms with Crippen molar-refractivity contribution in [2.75, 3.05) is 11.9 Å². The van der Waals surface area contributed by atoms with Gasteiger partial charge in [0.2, 0.25) is 5.13 Å². The standard InChI is InChI=1S/C10H13N5OS/c1-2-4-12-10-14-13-8(17-10)6-15-7-11-5-3-9(15)16/h3,5,7H,2,4,6H2,1H3,(H,12,14). The van der Waals surface area contributed by atoms with Crippen LogP contribution in [0.4, 0.5) is 5.13 Å². The Morgan fingerprint density at radius 3 is 3.12 bits per heavy atom. The van der Waals surface area contributed by atoms with E-state index in [1.807, 2.05) is 0 Å². The Bertz CT molecular complexity index is 535. The molecule has 0 radical (unpaired) electrons. The van der Waals surface area contributed by atoms with Gasteiger partial charge in [0.1, 0.15) is 5.01 Å². The van der Waals surface area contributed by atoms with E-state index in [0.717, 1.165) is 23.1 Å². The van der Waals surface area contributed by atoms with Crippen molar-refractivity contribution in [1.29, 1.82) is 0 Å². The van der Waals surface area contributed by atoms with Gasteiger partial charge in [0, 0.05) is 18.8 Å². The molecule has 1 N–H and O–H groups in total. The van der Waals surface area contributed by atoms with E-state index in [9.17, 15) is 4.79 Å². The maximum absolute atomic E-state index is 11.5. The summed E-state index contributed by atoms with van der Waals surface area (Å²) in [4.78, 5) is 15.4. The van der Waals surface area contributed by atoms with E-state index >= 15 is 0 Å². The van der Waals surface area contributed by atoms with Crippen molar-refractivity contribution >= 4 is 16.5 Å². The molecule has 0 aliphatic heterocycles. The molecular formula is C10H13N5OS. The maximum atomic E-state index is 11.5. The van der Waals surface area contributed by atoms with Crippen LogP contribution in [0.1, 0.15) is 18.4 Å². The first kappa shape index (κ1) is 11.7. The quantitative estimate of drug-likeness (QED) is 0.857. The largest absolute Gasteiger partial charge is 0.360 e. The lowest BCUT2D eigenvalue weighted by molar-refractivity contribution is 0.723. The van der Waals surface area contributed by atoms with Crippen molar-refractivity contribution in [3.8, 4) is 0 Å². The molecule has 2 aromatic heterocycles. The van der Waals surface area contributed by atoms with Crippen LogP contribution >= 0.6 is 11.3 Å². The van der Waals surface area contributed by atoms with Crippen LogP contribution in [0.2, 0.25) is 0 Å². The summed E-state index contributed by atoms with van der Waals surface area (Å²) in [6.45, 7) is 3.38. The van der Waals surface area contributed by atoms with Crippen LogP contribution in [-0.4, -0.2) is 26.3 Å². The second-order valence-corrected chi connectivity index (χ2v) is 4.54. The average molecular weight is 251 g/mol. The van der Waals surface area contributed by atoms with Crippen molar-refractivity contribution in [3.05, 3.63) is 34.0 Å². The van der Waals surface area contributed by atoms with Crippen LogP contribution in [0.3, 0.4) is 0 Å². The molecule has 2 rings (SSSR count). The van der Waals surface area contributed by atoms with Crippen LogP contribution < -0.4 is 10.9 Å². The Kier molecular flexibility index (Phi) is 3.81. The lowest BCUT2D eigenvalue weighted by Gasteiger charge is -1.99. The highest BCUT2D eigenvalue weighted by Crippen LogP contribution is 2.15. The Labute approximate surface area is 102 Å². The third-order valence-electron chi connectivity index (χ3n) is 2.09. The van der Waals surface area contributed by atoms with Crippen molar-refractivity contribution < 1.29 is 0 Å². The molecule has 0 aliphatic carbocycles. The van der Waals surface area contributed by atoms with Crippen molar-refractivity contribution in [1.82, 2.24) is 19.7 Å². The van der Waals surface area contributed by atoms with E-state index in [4.69, 9.17) is 0 Å². The van der Waals surface area contributed by atoms with E-state index < -0.39 is 0 Å². The zero-order valence-corrected chi connectivity index (χ0v) is 10.3. The minimum atomic E-state index is -0.0849. The minimum Gasteiger partial charge on any atom is -0.360 e. The third-order valence-corrected chi connectivity index (χ3v) is 2.96. The van der Waals surface area contributed by atoms with Gasteiger partial charge < -0.3 is 5.32 Å². The summed E-state index contributed by atoms with van der Waals surface area (Å²) >= 11 is 1.46. The number of hydrogen-bond donors (Lipinski definition) is 1. The van der Waals surface area contributed by atoms with E-state index in [2.05, 4.69) is 27.4 Å². The number of hydrogen-bond acceptors (Lipinski definition) is 6. The number of anilines is 1. The second-order valence-electron chi connectivity index (χ2n) is 3.47. The zero-order valence-electron chi connectivity index (χ0n) is 9.46. The average Bonchev–Trinajstić information content (AvgIpc) is 2.77. The van der Waals surface area contributed by atoms with Gasteiger partial charge in [-0.15, -0.1) is 10.2 Å². The summed E-state index contributed by atoms with van der Waals surface area (Å²) < 4.78 is 1.50. The molecule has 7 heteroatoms. The normalized spacial score (nSPS) is 10.4. The minimum absolute atomic E-state index is 0.0849. The monoisotopic (exact) mass is 251 g/mol. The highest BCUT2D eigenvalue weighted by molar-refractivity contribution is 7.15. The zero-order chi connectivity index (χ0) is 12.1. The van der Waals surface area contributed by atoms with Crippen molar-refractivity contribution in [3.63, 3.8) is 0 Å². The molecular weight excluding hydrogens is 238 g/mol. The van der Waals surface area contributed by atoms with E-state index in [-0.39, 0.29) is 5.56 Å². The molecule has 0 bridgehead atoms. The first-order valence-electron chi connectivity index (χ1n) is 5.36. The molecule has 0 amide bonds.